The molecule has 3 rings (SSSR count). The summed E-state index contributed by atoms with van der Waals surface area (Å²) in [5.74, 6) is -0.922. The van der Waals surface area contributed by atoms with Crippen molar-refractivity contribution < 1.29 is 13.6 Å². The lowest BCUT2D eigenvalue weighted by molar-refractivity contribution is -0.108. The Kier molecular flexibility index (Phi) is 5.01. The molecular formula is C18H13ClF2N2OS. The lowest BCUT2D eigenvalue weighted by atomic mass is 10.1. The van der Waals surface area contributed by atoms with E-state index in [0.29, 0.717) is 26.7 Å². The monoisotopic (exact) mass is 378 g/mol. The molecular weight excluding hydrogens is 366 g/mol. The van der Waals surface area contributed by atoms with Gasteiger partial charge in [0, 0.05) is 26.7 Å². The zero-order chi connectivity index (χ0) is 18.0. The molecule has 0 spiro atoms. The predicted molar refractivity (Wildman–Crippen MR) is 98.0 cm³/mol. The number of hydrogen-bond acceptors (Lipinski definition) is 4. The minimum Gasteiger partial charge on any atom is -0.399 e. The number of hydrogen-bond donors (Lipinski definition) is 2. The van der Waals surface area contributed by atoms with Crippen LogP contribution in [0.2, 0.25) is 5.02 Å². The first-order valence-electron chi connectivity index (χ1n) is 7.30. The second-order valence-electron chi connectivity index (χ2n) is 5.33. The second-order valence-corrected chi connectivity index (χ2v) is 6.85. The number of aldehydes is 1. The highest BCUT2D eigenvalue weighted by molar-refractivity contribution is 7.15. The van der Waals surface area contributed by atoms with Gasteiger partial charge in [0.05, 0.1) is 5.02 Å². The van der Waals surface area contributed by atoms with Gasteiger partial charge in [-0.15, -0.1) is 11.3 Å². The van der Waals surface area contributed by atoms with E-state index in [1.807, 2.05) is 0 Å². The highest BCUT2D eigenvalue weighted by Gasteiger charge is 2.16. The van der Waals surface area contributed by atoms with Gasteiger partial charge in [0.25, 0.3) is 0 Å². The number of carbonyl (C=O) groups is 1. The van der Waals surface area contributed by atoms with Gasteiger partial charge in [-0.2, -0.15) is 0 Å². The Bertz CT molecular complexity index is 929. The van der Waals surface area contributed by atoms with Gasteiger partial charge in [-0.25, -0.2) is 8.78 Å². The van der Waals surface area contributed by atoms with Crippen LogP contribution in [0.3, 0.4) is 0 Å². The second kappa shape index (κ2) is 7.21. The van der Waals surface area contributed by atoms with Crippen molar-refractivity contribution in [3.63, 3.8) is 0 Å². The van der Waals surface area contributed by atoms with Crippen LogP contribution in [-0.2, 0) is 4.79 Å². The lowest BCUT2D eigenvalue weighted by Gasteiger charge is -2.13. The minimum absolute atomic E-state index is 0.0386. The molecule has 7 heteroatoms. The number of nitrogen functional groups attached to an aromatic ring is 1. The number of thiophene rings is 1. The van der Waals surface area contributed by atoms with Crippen molar-refractivity contribution in [3.05, 3.63) is 70.1 Å². The van der Waals surface area contributed by atoms with Crippen molar-refractivity contribution in [2.45, 2.75) is 6.04 Å². The van der Waals surface area contributed by atoms with E-state index in [1.54, 1.807) is 18.2 Å². The molecule has 3 nitrogen and oxygen atoms in total. The van der Waals surface area contributed by atoms with Crippen LogP contribution in [0.25, 0.3) is 10.4 Å². The Morgan fingerprint density at radius 2 is 1.84 bits per heavy atom. The molecule has 25 heavy (non-hydrogen) atoms. The number of halogens is 3. The van der Waals surface area contributed by atoms with Crippen molar-refractivity contribution >= 4 is 40.6 Å². The summed E-state index contributed by atoms with van der Waals surface area (Å²) in [6, 6.07) is 11.3. The van der Waals surface area contributed by atoms with Crippen LogP contribution in [0, 0.1) is 11.6 Å². The molecule has 0 radical (unpaired) electrons. The van der Waals surface area contributed by atoms with Gasteiger partial charge in [-0.3, -0.25) is 0 Å². The number of rotatable bonds is 5. The summed E-state index contributed by atoms with van der Waals surface area (Å²) in [6.07, 6.45) is 0.725. The highest BCUT2D eigenvalue weighted by Crippen LogP contribution is 2.34. The molecule has 2 aromatic carbocycles. The summed E-state index contributed by atoms with van der Waals surface area (Å²) in [5.41, 5.74) is 7.06. The number of carbonyl (C=O) groups excluding carboxylic acids is 1. The van der Waals surface area contributed by atoms with Crippen molar-refractivity contribution in [1.29, 1.82) is 0 Å². The number of benzene rings is 2. The Morgan fingerprint density at radius 1 is 1.08 bits per heavy atom. The fourth-order valence-electron chi connectivity index (χ4n) is 2.33. The molecule has 1 atom stereocenters. The normalized spacial score (nSPS) is 12.0. The first kappa shape index (κ1) is 17.4. The van der Waals surface area contributed by atoms with Crippen LogP contribution in [0.4, 0.5) is 20.2 Å². The van der Waals surface area contributed by atoms with Crippen molar-refractivity contribution in [2.75, 3.05) is 11.1 Å². The molecule has 3 N–H and O–H groups in total. The summed E-state index contributed by atoms with van der Waals surface area (Å²) in [6.45, 7) is 0. The molecule has 1 aromatic heterocycles. The molecule has 1 unspecified atom stereocenters. The Morgan fingerprint density at radius 3 is 2.56 bits per heavy atom. The highest BCUT2D eigenvalue weighted by atomic mass is 35.5. The summed E-state index contributed by atoms with van der Waals surface area (Å²) < 4.78 is 27.2. The molecule has 0 saturated carbocycles. The number of anilines is 2. The quantitative estimate of drug-likeness (QED) is 0.469. The molecule has 0 aliphatic heterocycles. The first-order chi connectivity index (χ1) is 12.0. The van der Waals surface area contributed by atoms with Crippen molar-refractivity contribution in [3.8, 4) is 10.4 Å². The van der Waals surface area contributed by atoms with E-state index in [1.165, 1.54) is 41.7 Å². The zero-order valence-corrected chi connectivity index (χ0v) is 14.4. The number of nitrogens with one attached hydrogen (secondary N) is 1. The molecule has 3 aromatic rings. The Labute approximate surface area is 152 Å². The maximum atomic E-state index is 14.0. The van der Waals surface area contributed by atoms with E-state index in [0.717, 1.165) is 6.29 Å². The van der Waals surface area contributed by atoms with Crippen LogP contribution in [0.5, 0.6) is 0 Å². The third-order valence-corrected chi connectivity index (χ3v) is 5.06. The third kappa shape index (κ3) is 3.81. The van der Waals surface area contributed by atoms with E-state index in [4.69, 9.17) is 17.3 Å². The van der Waals surface area contributed by atoms with E-state index < -0.39 is 11.9 Å². The van der Waals surface area contributed by atoms with Crippen molar-refractivity contribution in [2.24, 2.45) is 0 Å². The molecule has 0 saturated heterocycles. The Balaban J connectivity index is 1.87. The average molecular weight is 379 g/mol. The van der Waals surface area contributed by atoms with Gasteiger partial charge in [-0.1, -0.05) is 11.6 Å². The van der Waals surface area contributed by atoms with E-state index in [-0.39, 0.29) is 10.8 Å². The van der Waals surface area contributed by atoms with Crippen molar-refractivity contribution in [1.82, 2.24) is 0 Å². The van der Waals surface area contributed by atoms with Gasteiger partial charge in [0.1, 0.15) is 24.0 Å². The number of nitrogens with two attached hydrogens (primary N) is 1. The molecule has 0 aliphatic carbocycles. The largest absolute Gasteiger partial charge is 0.399 e. The fraction of sp³-hybridized carbons (Fsp3) is 0.0556. The molecule has 0 fully saturated rings. The SMILES string of the molecule is Nc1ccc(F)c(-c2ccc(C(C=O)Nc3ccc(F)c(Cl)c3)s2)c1. The van der Waals surface area contributed by atoms with Gasteiger partial charge in [-0.05, 0) is 48.5 Å². The van der Waals surface area contributed by atoms with Gasteiger partial charge in [0.2, 0.25) is 0 Å². The smallest absolute Gasteiger partial charge is 0.147 e. The Hall–Kier alpha value is -2.44. The topological polar surface area (TPSA) is 55.1 Å². The van der Waals surface area contributed by atoms with Crippen LogP contribution < -0.4 is 11.1 Å². The summed E-state index contributed by atoms with van der Waals surface area (Å²) >= 11 is 7.02. The average Bonchev–Trinajstić information content (AvgIpc) is 3.07. The van der Waals surface area contributed by atoms with Crippen LogP contribution in [0.15, 0.2) is 48.5 Å². The third-order valence-electron chi connectivity index (χ3n) is 3.57. The van der Waals surface area contributed by atoms with Gasteiger partial charge < -0.3 is 15.8 Å². The summed E-state index contributed by atoms with van der Waals surface area (Å²) in [4.78, 5) is 12.8. The predicted octanol–water partition coefficient (Wildman–Crippen LogP) is 5.28. The maximum Gasteiger partial charge on any atom is 0.147 e. The standard InChI is InChI=1S/C18H13ClF2N2OS/c19-13-8-11(2-4-15(13)21)23-16(9-24)18-6-5-17(25-18)12-7-10(22)1-3-14(12)20/h1-9,16,23H,22H2. The minimum atomic E-state index is -0.663. The molecule has 1 heterocycles. The first-order valence-corrected chi connectivity index (χ1v) is 8.49. The maximum absolute atomic E-state index is 14.0. The van der Waals surface area contributed by atoms with Crippen LogP contribution in [-0.4, -0.2) is 6.29 Å². The van der Waals surface area contributed by atoms with Gasteiger partial charge >= 0.3 is 0 Å². The van der Waals surface area contributed by atoms with Crippen LogP contribution >= 0.6 is 22.9 Å². The summed E-state index contributed by atoms with van der Waals surface area (Å²) in [5, 5.41) is 2.94. The van der Waals surface area contributed by atoms with E-state index >= 15 is 0 Å². The molecule has 0 aliphatic rings. The summed E-state index contributed by atoms with van der Waals surface area (Å²) in [7, 11) is 0. The van der Waals surface area contributed by atoms with E-state index in [9.17, 15) is 13.6 Å². The molecule has 128 valence electrons. The van der Waals surface area contributed by atoms with Crippen LogP contribution in [0.1, 0.15) is 10.9 Å². The zero-order valence-electron chi connectivity index (χ0n) is 12.8. The van der Waals surface area contributed by atoms with E-state index in [2.05, 4.69) is 5.32 Å². The fourth-order valence-corrected chi connectivity index (χ4v) is 3.55. The molecule has 0 amide bonds. The lowest BCUT2D eigenvalue weighted by Crippen LogP contribution is -2.10. The van der Waals surface area contributed by atoms with Gasteiger partial charge in [0.15, 0.2) is 0 Å². The molecule has 0 bridgehead atoms.